The highest BCUT2D eigenvalue weighted by molar-refractivity contribution is 6.32. The number of carbonyl (C=O) groups is 3. The highest BCUT2D eigenvalue weighted by Crippen LogP contribution is 2.46. The third-order valence-electron chi connectivity index (χ3n) is 12.5. The zero-order chi connectivity index (χ0) is 37.4. The maximum absolute atomic E-state index is 13.6. The van der Waals surface area contributed by atoms with Gasteiger partial charge in [-0.3, -0.25) is 24.6 Å². The Kier molecular flexibility index (Phi) is 10.2. The van der Waals surface area contributed by atoms with Gasteiger partial charge >= 0.3 is 0 Å². The summed E-state index contributed by atoms with van der Waals surface area (Å²) in [6.45, 7) is 10.6. The lowest BCUT2D eigenvalue weighted by atomic mass is 9.76. The van der Waals surface area contributed by atoms with E-state index >= 15 is 0 Å². The number of piperazine rings is 1. The summed E-state index contributed by atoms with van der Waals surface area (Å²) in [5.74, 6) is -0.355. The van der Waals surface area contributed by atoms with E-state index in [0.29, 0.717) is 29.5 Å². The van der Waals surface area contributed by atoms with Gasteiger partial charge < -0.3 is 24.9 Å². The van der Waals surface area contributed by atoms with Crippen LogP contribution in [0, 0.1) is 16.7 Å². The Labute approximate surface area is 322 Å². The van der Waals surface area contributed by atoms with Crippen molar-refractivity contribution in [3.63, 3.8) is 0 Å². The normalized spacial score (nSPS) is 24.3. The number of hydrogen-bond donors (Lipinski definition) is 2. The minimum atomic E-state index is -0.402. The summed E-state index contributed by atoms with van der Waals surface area (Å²) in [4.78, 5) is 49.2. The molecule has 5 saturated heterocycles. The van der Waals surface area contributed by atoms with Gasteiger partial charge in [-0.2, -0.15) is 5.26 Å². The molecule has 3 amide bonds. The van der Waals surface area contributed by atoms with Gasteiger partial charge in [-0.05, 0) is 105 Å². The first-order valence-electron chi connectivity index (χ1n) is 19.5. The maximum Gasteiger partial charge on any atom is 0.254 e. The summed E-state index contributed by atoms with van der Waals surface area (Å²) >= 11 is 6.38. The number of imide groups is 1. The molecule has 0 saturated carbocycles. The van der Waals surface area contributed by atoms with Crippen LogP contribution in [0.15, 0.2) is 66.7 Å². The van der Waals surface area contributed by atoms with E-state index in [1.165, 1.54) is 5.69 Å². The van der Waals surface area contributed by atoms with Gasteiger partial charge in [0.15, 0.2) is 0 Å². The molecule has 0 aliphatic carbocycles. The van der Waals surface area contributed by atoms with Crippen LogP contribution in [0.25, 0.3) is 0 Å². The van der Waals surface area contributed by atoms with Gasteiger partial charge in [0, 0.05) is 106 Å². The number of piperidine rings is 2. The summed E-state index contributed by atoms with van der Waals surface area (Å²) in [7, 11) is 0. The number of hydrogen-bond acceptors (Lipinski definition) is 9. The van der Waals surface area contributed by atoms with E-state index in [9.17, 15) is 19.6 Å². The van der Waals surface area contributed by atoms with Crippen LogP contribution in [0.2, 0.25) is 5.02 Å². The van der Waals surface area contributed by atoms with Crippen molar-refractivity contribution in [3.05, 3.63) is 82.9 Å². The topological polar surface area (TPSA) is 115 Å². The van der Waals surface area contributed by atoms with E-state index in [1.807, 2.05) is 47.4 Å². The first-order chi connectivity index (χ1) is 26.2. The van der Waals surface area contributed by atoms with Crippen LogP contribution in [-0.4, -0.2) is 105 Å². The van der Waals surface area contributed by atoms with Crippen molar-refractivity contribution in [2.75, 3.05) is 78.9 Å². The number of carbonyl (C=O) groups excluding carboxylic acids is 3. The molecule has 5 aliphatic rings. The summed E-state index contributed by atoms with van der Waals surface area (Å²) < 4.78 is 0. The van der Waals surface area contributed by atoms with Crippen LogP contribution in [-0.2, 0) is 9.59 Å². The van der Waals surface area contributed by atoms with Crippen molar-refractivity contribution in [1.82, 2.24) is 15.1 Å². The molecule has 3 aromatic rings. The minimum absolute atomic E-state index is 0.123. The van der Waals surface area contributed by atoms with Crippen LogP contribution >= 0.6 is 11.6 Å². The van der Waals surface area contributed by atoms with E-state index in [4.69, 9.17) is 11.6 Å². The summed E-state index contributed by atoms with van der Waals surface area (Å²) in [5, 5.41) is 15.5. The molecule has 12 heteroatoms. The van der Waals surface area contributed by atoms with Gasteiger partial charge in [-0.25, -0.2) is 0 Å². The third-order valence-corrected chi connectivity index (χ3v) is 12.8. The van der Waals surface area contributed by atoms with Crippen LogP contribution in [0.1, 0.15) is 61.4 Å². The standard InChI is InChI=1S/C42H49ClN8O3/c1-29-25-42(28-51(29)35-10-7-31(26-44)37(43)24-35)14-17-48(18-15-42)33-8-5-30(6-9-33)41(54)50-16-13-36(50)27-47-19-21-49(22-20-47)34-4-2-3-32(23-34)45-38-11-12-39(52)46-40(38)53/h2-10,23-24,29,36,38,45H,11-22,25,27-28H2,1H3,(H,46,52,53). The van der Waals surface area contributed by atoms with Crippen LogP contribution < -0.4 is 25.3 Å². The fourth-order valence-electron chi connectivity index (χ4n) is 9.23. The van der Waals surface area contributed by atoms with Gasteiger partial charge in [0.25, 0.3) is 5.91 Å². The number of anilines is 4. The second kappa shape index (κ2) is 15.2. The van der Waals surface area contributed by atoms with Crippen molar-refractivity contribution in [1.29, 1.82) is 5.26 Å². The predicted molar refractivity (Wildman–Crippen MR) is 212 cm³/mol. The molecule has 3 atom stereocenters. The van der Waals surface area contributed by atoms with Gasteiger partial charge in [0.2, 0.25) is 11.8 Å². The third kappa shape index (κ3) is 7.46. The van der Waals surface area contributed by atoms with Gasteiger partial charge in [-0.15, -0.1) is 0 Å². The van der Waals surface area contributed by atoms with Crippen molar-refractivity contribution in [3.8, 4) is 6.07 Å². The van der Waals surface area contributed by atoms with Crippen molar-refractivity contribution in [2.24, 2.45) is 5.41 Å². The van der Waals surface area contributed by atoms with Gasteiger partial charge in [0.1, 0.15) is 12.1 Å². The molecule has 11 nitrogen and oxygen atoms in total. The quantitative estimate of drug-likeness (QED) is 0.295. The molecular formula is C42H49ClN8O3. The number of nitrogens with one attached hydrogen (secondary N) is 2. The lowest BCUT2D eigenvalue weighted by Gasteiger charge is -2.45. The maximum atomic E-state index is 13.6. The Balaban J connectivity index is 0.798. The van der Waals surface area contributed by atoms with E-state index < -0.39 is 6.04 Å². The average Bonchev–Trinajstić information content (AvgIpc) is 3.50. The molecule has 3 unspecified atom stereocenters. The summed E-state index contributed by atoms with van der Waals surface area (Å²) in [6, 6.07) is 24.6. The first kappa shape index (κ1) is 36.2. The van der Waals surface area contributed by atoms with Crippen molar-refractivity contribution >= 4 is 52.1 Å². The second-order valence-electron chi connectivity index (χ2n) is 15.9. The van der Waals surface area contributed by atoms with E-state index in [0.717, 1.165) is 107 Å². The number of amides is 3. The molecule has 8 rings (SSSR count). The number of nitriles is 1. The van der Waals surface area contributed by atoms with Crippen LogP contribution in [0.3, 0.4) is 0 Å². The molecule has 0 bridgehead atoms. The largest absolute Gasteiger partial charge is 0.374 e. The molecule has 282 valence electrons. The smallest absolute Gasteiger partial charge is 0.254 e. The van der Waals surface area contributed by atoms with Crippen LogP contribution in [0.4, 0.5) is 22.7 Å². The Hall–Kier alpha value is -4.79. The number of benzene rings is 3. The minimum Gasteiger partial charge on any atom is -0.374 e. The zero-order valence-corrected chi connectivity index (χ0v) is 31.7. The van der Waals surface area contributed by atoms with E-state index in [2.05, 4.69) is 67.5 Å². The van der Waals surface area contributed by atoms with Gasteiger partial charge in [0.05, 0.1) is 10.6 Å². The molecule has 5 fully saturated rings. The summed E-state index contributed by atoms with van der Waals surface area (Å²) in [6.07, 6.45) is 5.27. The Morgan fingerprint density at radius 3 is 2.33 bits per heavy atom. The molecule has 54 heavy (non-hydrogen) atoms. The summed E-state index contributed by atoms with van der Waals surface area (Å²) in [5.41, 5.74) is 5.82. The number of nitrogens with zero attached hydrogens (tertiary/aromatic N) is 6. The highest BCUT2D eigenvalue weighted by Gasteiger charge is 2.44. The lowest BCUT2D eigenvalue weighted by molar-refractivity contribution is -0.133. The fraction of sp³-hybridized carbons (Fsp3) is 0.476. The first-order valence-corrected chi connectivity index (χ1v) is 19.8. The van der Waals surface area contributed by atoms with E-state index in [1.54, 1.807) is 0 Å². The predicted octanol–water partition coefficient (Wildman–Crippen LogP) is 5.35. The monoisotopic (exact) mass is 748 g/mol. The number of halogens is 1. The molecule has 0 radical (unpaired) electrons. The van der Waals surface area contributed by atoms with Crippen molar-refractivity contribution in [2.45, 2.75) is 63.6 Å². The Bertz CT molecular complexity index is 1930. The van der Waals surface area contributed by atoms with Crippen LogP contribution in [0.5, 0.6) is 0 Å². The fourth-order valence-corrected chi connectivity index (χ4v) is 9.45. The number of rotatable bonds is 8. The zero-order valence-electron chi connectivity index (χ0n) is 31.0. The lowest BCUT2D eigenvalue weighted by Crippen LogP contribution is -2.58. The Morgan fingerprint density at radius 1 is 0.907 bits per heavy atom. The second-order valence-corrected chi connectivity index (χ2v) is 16.3. The average molecular weight is 749 g/mol. The molecule has 5 heterocycles. The molecule has 1 spiro atoms. The molecule has 3 aromatic carbocycles. The molecule has 0 aromatic heterocycles. The van der Waals surface area contributed by atoms with Crippen molar-refractivity contribution < 1.29 is 14.4 Å². The SMILES string of the molecule is CC1CC2(CCN(c3ccc(C(=O)N4CCC4CN4CCN(c5cccc(NC6CCC(=O)NC6=O)c5)CC4)cc3)CC2)CN1c1ccc(C#N)c(Cl)c1. The Morgan fingerprint density at radius 2 is 1.65 bits per heavy atom. The number of likely N-dealkylation sites (tertiary alicyclic amines) is 1. The molecule has 2 N–H and O–H groups in total. The molecule has 5 aliphatic heterocycles. The van der Waals surface area contributed by atoms with Gasteiger partial charge in [-0.1, -0.05) is 17.7 Å². The highest BCUT2D eigenvalue weighted by atomic mass is 35.5. The van der Waals surface area contributed by atoms with E-state index in [-0.39, 0.29) is 29.2 Å². The molecular weight excluding hydrogens is 700 g/mol.